The molecule has 1 atom stereocenters. The topological polar surface area (TPSA) is 93.5 Å². The van der Waals surface area contributed by atoms with E-state index >= 15 is 0 Å². The number of furan rings is 1. The highest BCUT2D eigenvalue weighted by Gasteiger charge is 2.42. The molecule has 0 saturated heterocycles. The van der Waals surface area contributed by atoms with Gasteiger partial charge < -0.3 is 9.52 Å². The first-order valence-electron chi connectivity index (χ1n) is 4.25. The van der Waals surface area contributed by atoms with Gasteiger partial charge in [0.1, 0.15) is 0 Å². The minimum absolute atomic E-state index is 0.297. The molecule has 15 heavy (non-hydrogen) atoms. The quantitative estimate of drug-likeness (QED) is 0.769. The molecule has 84 valence electrons. The van der Waals surface area contributed by atoms with Gasteiger partial charge in [0.2, 0.25) is 5.09 Å². The Labute approximate surface area is 91.7 Å². The number of aliphatic hydroxyl groups excluding tert-OH is 1. The molecular weight excluding hydrogens is 238 g/mol. The molecule has 1 aromatic heterocycles. The molecule has 2 heterocycles. The molecule has 2 rings (SSSR count). The summed E-state index contributed by atoms with van der Waals surface area (Å²) in [4.78, 5) is 0. The molecule has 5 nitrogen and oxygen atoms in total. The molecule has 0 radical (unpaired) electrons. The van der Waals surface area contributed by atoms with Crippen LogP contribution in [0.3, 0.4) is 0 Å². The SMILES string of the molecule is CC1(C)Sc2oc(S(N)(=O)=O)cc2C1O. The highest BCUT2D eigenvalue weighted by atomic mass is 32.2. The van der Waals surface area contributed by atoms with E-state index in [4.69, 9.17) is 9.56 Å². The van der Waals surface area contributed by atoms with Crippen molar-refractivity contribution in [2.75, 3.05) is 0 Å². The van der Waals surface area contributed by atoms with Crippen LogP contribution in [-0.2, 0) is 10.0 Å². The normalized spacial score (nSPS) is 24.1. The van der Waals surface area contributed by atoms with E-state index in [1.165, 1.54) is 17.8 Å². The van der Waals surface area contributed by atoms with Gasteiger partial charge in [-0.05, 0) is 13.8 Å². The largest absolute Gasteiger partial charge is 0.437 e. The van der Waals surface area contributed by atoms with Crippen LogP contribution in [0.5, 0.6) is 0 Å². The number of hydrogen-bond donors (Lipinski definition) is 2. The van der Waals surface area contributed by atoms with Crippen LogP contribution < -0.4 is 5.14 Å². The Hall–Kier alpha value is -0.500. The summed E-state index contributed by atoms with van der Waals surface area (Å²) >= 11 is 1.30. The van der Waals surface area contributed by atoms with Crippen molar-refractivity contribution in [1.29, 1.82) is 0 Å². The lowest BCUT2D eigenvalue weighted by Crippen LogP contribution is -2.20. The predicted octanol–water partition coefficient (Wildman–Crippen LogP) is 0.845. The fraction of sp³-hybridized carbons (Fsp3) is 0.500. The maximum atomic E-state index is 11.0. The number of aliphatic hydroxyl groups is 1. The average Bonchev–Trinajstić information content (AvgIpc) is 2.51. The lowest BCUT2D eigenvalue weighted by Gasteiger charge is -2.20. The van der Waals surface area contributed by atoms with Gasteiger partial charge in [-0.3, -0.25) is 0 Å². The van der Waals surface area contributed by atoms with E-state index in [1.54, 1.807) is 0 Å². The number of hydrogen-bond acceptors (Lipinski definition) is 5. The van der Waals surface area contributed by atoms with Crippen molar-refractivity contribution in [2.24, 2.45) is 5.14 Å². The van der Waals surface area contributed by atoms with Crippen molar-refractivity contribution in [3.8, 4) is 0 Å². The van der Waals surface area contributed by atoms with Gasteiger partial charge in [0.05, 0.1) is 6.10 Å². The molecule has 0 aliphatic carbocycles. The summed E-state index contributed by atoms with van der Waals surface area (Å²) < 4.78 is 26.7. The summed E-state index contributed by atoms with van der Waals surface area (Å²) in [5.74, 6) is 0. The van der Waals surface area contributed by atoms with Crippen LogP contribution in [0.4, 0.5) is 0 Å². The summed E-state index contributed by atoms with van der Waals surface area (Å²) in [7, 11) is -3.83. The van der Waals surface area contributed by atoms with Crippen molar-refractivity contribution in [3.63, 3.8) is 0 Å². The van der Waals surface area contributed by atoms with Crippen LogP contribution in [0, 0.1) is 0 Å². The van der Waals surface area contributed by atoms with E-state index < -0.39 is 20.9 Å². The minimum Gasteiger partial charge on any atom is -0.437 e. The van der Waals surface area contributed by atoms with E-state index in [9.17, 15) is 13.5 Å². The second-order valence-corrected chi connectivity index (χ2v) is 7.08. The number of primary sulfonamides is 1. The molecule has 0 amide bonds. The fourth-order valence-electron chi connectivity index (χ4n) is 1.45. The monoisotopic (exact) mass is 249 g/mol. The fourth-order valence-corrected chi connectivity index (χ4v) is 3.13. The predicted molar refractivity (Wildman–Crippen MR) is 55.0 cm³/mol. The van der Waals surface area contributed by atoms with Gasteiger partial charge in [-0.2, -0.15) is 0 Å². The zero-order valence-corrected chi connectivity index (χ0v) is 9.85. The Kier molecular flexibility index (Phi) is 2.20. The molecule has 1 aliphatic rings. The second-order valence-electron chi connectivity index (χ2n) is 3.96. The Morgan fingerprint density at radius 2 is 2.20 bits per heavy atom. The Balaban J connectivity index is 2.49. The van der Waals surface area contributed by atoms with Gasteiger partial charge >= 0.3 is 0 Å². The zero-order valence-electron chi connectivity index (χ0n) is 8.22. The Bertz CT molecular complexity index is 503. The van der Waals surface area contributed by atoms with Crippen LogP contribution in [0.2, 0.25) is 0 Å². The van der Waals surface area contributed by atoms with Gasteiger partial charge in [0.25, 0.3) is 10.0 Å². The molecule has 1 aromatic rings. The lowest BCUT2D eigenvalue weighted by molar-refractivity contribution is 0.146. The molecule has 1 aliphatic heterocycles. The van der Waals surface area contributed by atoms with E-state index in [2.05, 4.69) is 0 Å². The Morgan fingerprint density at radius 1 is 1.60 bits per heavy atom. The third kappa shape index (κ3) is 1.69. The number of sulfonamides is 1. The van der Waals surface area contributed by atoms with E-state index in [0.717, 1.165) is 0 Å². The smallest absolute Gasteiger partial charge is 0.271 e. The third-order valence-corrected chi connectivity index (χ3v) is 4.31. The molecule has 3 N–H and O–H groups in total. The van der Waals surface area contributed by atoms with Gasteiger partial charge in [-0.15, -0.1) is 0 Å². The highest BCUT2D eigenvalue weighted by Crippen LogP contribution is 2.52. The van der Waals surface area contributed by atoms with Crippen LogP contribution in [0.1, 0.15) is 25.5 Å². The summed E-state index contributed by atoms with van der Waals surface area (Å²) in [6, 6.07) is 1.29. The van der Waals surface area contributed by atoms with Crippen LogP contribution in [-0.4, -0.2) is 18.3 Å². The zero-order chi connectivity index (χ0) is 11.4. The maximum absolute atomic E-state index is 11.0. The highest BCUT2D eigenvalue weighted by molar-refractivity contribution is 8.00. The minimum atomic E-state index is -3.83. The average molecular weight is 249 g/mol. The number of nitrogens with two attached hydrogens (primary N) is 1. The Morgan fingerprint density at radius 3 is 2.67 bits per heavy atom. The van der Waals surface area contributed by atoms with Gasteiger partial charge in [-0.25, -0.2) is 13.6 Å². The summed E-state index contributed by atoms with van der Waals surface area (Å²) in [5.41, 5.74) is 0.494. The molecule has 0 saturated carbocycles. The number of thioether (sulfide) groups is 1. The molecular formula is C8H11NO4S2. The molecule has 1 unspecified atom stereocenters. The van der Waals surface area contributed by atoms with Crippen molar-refractivity contribution in [3.05, 3.63) is 11.6 Å². The van der Waals surface area contributed by atoms with E-state index in [-0.39, 0.29) is 5.09 Å². The third-order valence-electron chi connectivity index (χ3n) is 2.29. The van der Waals surface area contributed by atoms with Crippen LogP contribution in [0.25, 0.3) is 0 Å². The van der Waals surface area contributed by atoms with Crippen molar-refractivity contribution in [1.82, 2.24) is 0 Å². The standard InChI is InChI=1S/C8H11NO4S2/c1-8(2)6(10)4-3-5(15(9,11)12)13-7(4)14-8/h3,6,10H,1-2H3,(H2,9,11,12). The van der Waals surface area contributed by atoms with E-state index in [1.807, 2.05) is 13.8 Å². The van der Waals surface area contributed by atoms with E-state index in [0.29, 0.717) is 10.7 Å². The number of fused-ring (bicyclic) bond motifs is 1. The first kappa shape index (κ1) is 11.0. The maximum Gasteiger partial charge on any atom is 0.271 e. The van der Waals surface area contributed by atoms with Gasteiger partial charge in [-0.1, -0.05) is 11.8 Å². The van der Waals surface area contributed by atoms with Crippen molar-refractivity contribution < 1.29 is 17.9 Å². The summed E-state index contributed by atoms with van der Waals surface area (Å²) in [5, 5.41) is 14.9. The molecule has 7 heteroatoms. The van der Waals surface area contributed by atoms with Crippen LogP contribution >= 0.6 is 11.8 Å². The lowest BCUT2D eigenvalue weighted by atomic mass is 10.0. The molecule has 0 aromatic carbocycles. The van der Waals surface area contributed by atoms with Crippen molar-refractivity contribution >= 4 is 21.8 Å². The van der Waals surface area contributed by atoms with Crippen molar-refractivity contribution in [2.45, 2.75) is 34.9 Å². The first-order valence-corrected chi connectivity index (χ1v) is 6.62. The molecule has 0 fully saturated rings. The second kappa shape index (κ2) is 3.00. The van der Waals surface area contributed by atoms with Crippen LogP contribution in [0.15, 0.2) is 20.7 Å². The summed E-state index contributed by atoms with van der Waals surface area (Å²) in [6.45, 7) is 3.71. The first-order chi connectivity index (χ1) is 6.72. The summed E-state index contributed by atoms with van der Waals surface area (Å²) in [6.07, 6.45) is -0.739. The van der Waals surface area contributed by atoms with Gasteiger partial charge in [0.15, 0.2) is 5.09 Å². The van der Waals surface area contributed by atoms with Gasteiger partial charge in [0, 0.05) is 16.4 Å². The number of rotatable bonds is 1. The molecule has 0 bridgehead atoms. The molecule has 0 spiro atoms.